The number of hydrogen-bond donors (Lipinski definition) is 1. The number of hydrogen-bond acceptors (Lipinski definition) is 3. The van der Waals surface area contributed by atoms with Crippen LogP contribution in [0.1, 0.15) is 27.7 Å². The summed E-state index contributed by atoms with van der Waals surface area (Å²) < 4.78 is 14.5. The molecule has 0 saturated carbocycles. The Morgan fingerprint density at radius 3 is 1.86 bits per heavy atom. The molecule has 4 heteroatoms. The van der Waals surface area contributed by atoms with Gasteiger partial charge in [-0.05, 0) is 19.4 Å². The molecule has 1 unspecified atom stereocenters. The summed E-state index contributed by atoms with van der Waals surface area (Å²) >= 11 is 0. The summed E-state index contributed by atoms with van der Waals surface area (Å²) in [5.41, 5.74) is 1.46. The summed E-state index contributed by atoms with van der Waals surface area (Å²) in [6.07, 6.45) is 1.94. The lowest BCUT2D eigenvalue weighted by Gasteiger charge is -2.40. The predicted octanol–water partition coefficient (Wildman–Crippen LogP) is 4.44. The molecule has 0 heterocycles. The SMILES string of the molecule is CC1=CC(C)=C(C(=O)P(=O)(c2ccccc2)c2ccccc2)C(C)(C)C1CO. The second-order valence-corrected chi connectivity index (χ2v) is 10.6. The van der Waals surface area contributed by atoms with Crippen LogP contribution in [0.5, 0.6) is 0 Å². The van der Waals surface area contributed by atoms with Gasteiger partial charge in [0.2, 0.25) is 12.7 Å². The van der Waals surface area contributed by atoms with Crippen LogP contribution in [-0.4, -0.2) is 17.2 Å². The van der Waals surface area contributed by atoms with E-state index in [-0.39, 0.29) is 18.0 Å². The van der Waals surface area contributed by atoms with Gasteiger partial charge in [-0.2, -0.15) is 0 Å². The first-order valence-electron chi connectivity index (χ1n) is 9.51. The molecule has 3 rings (SSSR count). The average Bonchev–Trinajstić information content (AvgIpc) is 2.68. The molecule has 3 nitrogen and oxygen atoms in total. The van der Waals surface area contributed by atoms with E-state index < -0.39 is 12.6 Å². The molecule has 0 amide bonds. The van der Waals surface area contributed by atoms with E-state index in [9.17, 15) is 14.5 Å². The summed E-state index contributed by atoms with van der Waals surface area (Å²) in [5, 5.41) is 11.0. The highest BCUT2D eigenvalue weighted by Gasteiger charge is 2.47. The van der Waals surface area contributed by atoms with Gasteiger partial charge in [0, 0.05) is 27.5 Å². The van der Waals surface area contributed by atoms with Crippen LogP contribution >= 0.6 is 7.14 Å². The highest BCUT2D eigenvalue weighted by molar-refractivity contribution is 7.93. The zero-order valence-electron chi connectivity index (χ0n) is 16.8. The van der Waals surface area contributed by atoms with Crippen molar-refractivity contribution in [1.29, 1.82) is 0 Å². The molecule has 0 radical (unpaired) electrons. The fraction of sp³-hybridized carbons (Fsp3) is 0.292. The highest BCUT2D eigenvalue weighted by atomic mass is 31.2. The molecule has 0 aromatic heterocycles. The van der Waals surface area contributed by atoms with E-state index in [1.165, 1.54) is 0 Å². The number of rotatable bonds is 5. The molecule has 0 saturated heterocycles. The lowest BCUT2D eigenvalue weighted by atomic mass is 9.66. The number of benzene rings is 2. The van der Waals surface area contributed by atoms with Crippen LogP contribution < -0.4 is 10.6 Å². The minimum absolute atomic E-state index is 0.0552. The lowest BCUT2D eigenvalue weighted by Crippen LogP contribution is -2.38. The third kappa shape index (κ3) is 3.23. The number of carbonyl (C=O) groups excluding carboxylic acids is 1. The molecule has 0 aliphatic heterocycles. The van der Waals surface area contributed by atoms with E-state index in [2.05, 4.69) is 0 Å². The smallest absolute Gasteiger partial charge is 0.226 e. The van der Waals surface area contributed by atoms with Gasteiger partial charge >= 0.3 is 0 Å². The zero-order chi connectivity index (χ0) is 20.5. The Kier molecular flexibility index (Phi) is 5.61. The highest BCUT2D eigenvalue weighted by Crippen LogP contribution is 2.54. The number of aliphatic hydroxyl groups excluding tert-OH is 1. The van der Waals surface area contributed by atoms with Gasteiger partial charge in [-0.3, -0.25) is 4.79 Å². The van der Waals surface area contributed by atoms with Crippen molar-refractivity contribution >= 4 is 23.3 Å². The quantitative estimate of drug-likeness (QED) is 0.763. The molecule has 1 aliphatic carbocycles. The van der Waals surface area contributed by atoms with E-state index in [0.717, 1.165) is 11.1 Å². The van der Waals surface area contributed by atoms with Crippen LogP contribution in [0, 0.1) is 11.3 Å². The Morgan fingerprint density at radius 2 is 1.43 bits per heavy atom. The number of carbonyl (C=O) groups is 1. The van der Waals surface area contributed by atoms with Crippen LogP contribution in [0.15, 0.2) is 83.5 Å². The lowest BCUT2D eigenvalue weighted by molar-refractivity contribution is -0.110. The summed E-state index contributed by atoms with van der Waals surface area (Å²) in [5.74, 6) is -0.185. The first-order chi connectivity index (χ1) is 13.2. The molecule has 0 spiro atoms. The monoisotopic (exact) mass is 394 g/mol. The number of allylic oxidation sites excluding steroid dienone is 3. The molecule has 0 fully saturated rings. The topological polar surface area (TPSA) is 54.4 Å². The molecule has 2 aromatic rings. The molecular formula is C24H27O3P. The Balaban J connectivity index is 2.27. The van der Waals surface area contributed by atoms with Crippen molar-refractivity contribution in [3.63, 3.8) is 0 Å². The van der Waals surface area contributed by atoms with E-state index in [1.807, 2.05) is 70.2 Å². The predicted molar refractivity (Wildman–Crippen MR) is 116 cm³/mol. The maximum absolute atomic E-state index is 14.5. The molecule has 2 aromatic carbocycles. The average molecular weight is 394 g/mol. The molecular weight excluding hydrogens is 367 g/mol. The van der Waals surface area contributed by atoms with Crippen LogP contribution in [0.4, 0.5) is 0 Å². The largest absolute Gasteiger partial charge is 0.396 e. The van der Waals surface area contributed by atoms with Gasteiger partial charge in [0.05, 0.1) is 6.61 Å². The van der Waals surface area contributed by atoms with Gasteiger partial charge in [-0.15, -0.1) is 0 Å². The van der Waals surface area contributed by atoms with E-state index >= 15 is 0 Å². The van der Waals surface area contributed by atoms with Gasteiger partial charge in [-0.1, -0.05) is 86.2 Å². The Bertz CT molecular complexity index is 942. The van der Waals surface area contributed by atoms with Crippen molar-refractivity contribution in [2.24, 2.45) is 11.3 Å². The normalized spacial score (nSPS) is 19.3. The molecule has 1 N–H and O–H groups in total. The summed E-state index contributed by atoms with van der Waals surface area (Å²) in [4.78, 5) is 14.0. The van der Waals surface area contributed by atoms with Crippen LogP contribution in [0.2, 0.25) is 0 Å². The number of aliphatic hydroxyl groups is 1. The third-order valence-corrected chi connectivity index (χ3v) is 8.67. The molecule has 0 bridgehead atoms. The molecule has 146 valence electrons. The Morgan fingerprint density at radius 1 is 0.964 bits per heavy atom. The third-order valence-electron chi connectivity index (χ3n) is 5.83. The Hall–Kier alpha value is -2.22. The van der Waals surface area contributed by atoms with Crippen LogP contribution in [0.25, 0.3) is 0 Å². The van der Waals surface area contributed by atoms with Gasteiger partial charge < -0.3 is 9.67 Å². The van der Waals surface area contributed by atoms with Crippen molar-refractivity contribution in [1.82, 2.24) is 0 Å². The van der Waals surface area contributed by atoms with Crippen molar-refractivity contribution in [2.75, 3.05) is 6.61 Å². The van der Waals surface area contributed by atoms with Crippen molar-refractivity contribution in [3.8, 4) is 0 Å². The zero-order valence-corrected chi connectivity index (χ0v) is 17.7. The minimum atomic E-state index is -3.57. The van der Waals surface area contributed by atoms with Gasteiger partial charge in [0.1, 0.15) is 0 Å². The fourth-order valence-electron chi connectivity index (χ4n) is 4.40. The second kappa shape index (κ2) is 7.66. The minimum Gasteiger partial charge on any atom is -0.396 e. The maximum Gasteiger partial charge on any atom is 0.226 e. The van der Waals surface area contributed by atoms with Crippen molar-refractivity contribution < 1.29 is 14.5 Å². The van der Waals surface area contributed by atoms with Crippen molar-refractivity contribution in [3.05, 3.63) is 83.5 Å². The van der Waals surface area contributed by atoms with Gasteiger partial charge in [-0.25, -0.2) is 0 Å². The molecule has 1 aliphatic rings. The first-order valence-corrected chi connectivity index (χ1v) is 11.2. The van der Waals surface area contributed by atoms with Crippen LogP contribution in [-0.2, 0) is 9.36 Å². The standard InChI is InChI=1S/C24H27O3P/c1-17-15-18(2)22(24(3,4)21(17)16-25)23(26)28(27,19-11-7-5-8-12-19)20-13-9-6-10-14-20/h5-15,21,25H,16H2,1-4H3. The molecule has 1 atom stereocenters. The second-order valence-electron chi connectivity index (χ2n) is 7.99. The summed E-state index contributed by atoms with van der Waals surface area (Å²) in [7, 11) is -3.57. The maximum atomic E-state index is 14.5. The fourth-order valence-corrected chi connectivity index (χ4v) is 7.13. The van der Waals surface area contributed by atoms with Gasteiger partial charge in [0.25, 0.3) is 0 Å². The van der Waals surface area contributed by atoms with Crippen LogP contribution in [0.3, 0.4) is 0 Å². The van der Waals surface area contributed by atoms with Gasteiger partial charge in [0.15, 0.2) is 0 Å². The summed E-state index contributed by atoms with van der Waals surface area (Å²) in [6, 6.07) is 18.0. The van der Waals surface area contributed by atoms with Crippen molar-refractivity contribution in [2.45, 2.75) is 27.7 Å². The first kappa shape index (κ1) is 20.5. The van der Waals surface area contributed by atoms with E-state index in [0.29, 0.717) is 16.2 Å². The van der Waals surface area contributed by atoms with E-state index in [4.69, 9.17) is 0 Å². The summed E-state index contributed by atoms with van der Waals surface area (Å²) in [6.45, 7) is 7.73. The molecule has 28 heavy (non-hydrogen) atoms. The Labute approximate surface area is 167 Å². The van der Waals surface area contributed by atoms with E-state index in [1.54, 1.807) is 24.3 Å².